The lowest BCUT2D eigenvalue weighted by molar-refractivity contribution is -0.158. The van der Waals surface area contributed by atoms with E-state index < -0.39 is 0 Å². The van der Waals surface area contributed by atoms with E-state index in [4.69, 9.17) is 4.74 Å². The van der Waals surface area contributed by atoms with Crippen LogP contribution in [0, 0.1) is 39.9 Å². The minimum Gasteiger partial charge on any atom is -0.465 e. The third kappa shape index (κ3) is 1.85. The molecular formula is C23H32O3. The Morgan fingerprint density at radius 1 is 1.04 bits per heavy atom. The van der Waals surface area contributed by atoms with Crippen molar-refractivity contribution in [1.82, 2.24) is 0 Å². The second kappa shape index (κ2) is 5.23. The maximum atomic E-state index is 12.8. The monoisotopic (exact) mass is 356 g/mol. The first-order valence-electron chi connectivity index (χ1n) is 10.7. The van der Waals surface area contributed by atoms with E-state index in [9.17, 15) is 9.59 Å². The van der Waals surface area contributed by atoms with E-state index in [2.05, 4.69) is 20.8 Å². The zero-order valence-corrected chi connectivity index (χ0v) is 16.5. The number of carbonyl (C=O) groups excluding carboxylic acids is 2. The highest BCUT2D eigenvalue weighted by atomic mass is 16.5. The fourth-order valence-corrected chi connectivity index (χ4v) is 8.34. The van der Waals surface area contributed by atoms with Crippen LogP contribution in [-0.4, -0.2) is 18.4 Å². The van der Waals surface area contributed by atoms with Crippen molar-refractivity contribution in [1.29, 1.82) is 0 Å². The van der Waals surface area contributed by atoms with Gasteiger partial charge in [-0.2, -0.15) is 0 Å². The van der Waals surface area contributed by atoms with Crippen molar-refractivity contribution in [2.45, 2.75) is 72.1 Å². The number of esters is 1. The number of cyclic esters (lactones) is 1. The number of hydrogen-bond acceptors (Lipinski definition) is 3. The van der Waals surface area contributed by atoms with E-state index in [0.717, 1.165) is 38.5 Å². The van der Waals surface area contributed by atoms with Gasteiger partial charge in [0.15, 0.2) is 5.78 Å². The predicted molar refractivity (Wildman–Crippen MR) is 99.3 cm³/mol. The second-order valence-electron chi connectivity index (χ2n) is 10.5. The maximum absolute atomic E-state index is 12.8. The topological polar surface area (TPSA) is 43.4 Å². The molecule has 7 unspecified atom stereocenters. The van der Waals surface area contributed by atoms with Crippen LogP contribution < -0.4 is 0 Å². The summed E-state index contributed by atoms with van der Waals surface area (Å²) >= 11 is 0. The lowest BCUT2D eigenvalue weighted by Crippen LogP contribution is -2.55. The van der Waals surface area contributed by atoms with E-state index >= 15 is 0 Å². The van der Waals surface area contributed by atoms with Crippen molar-refractivity contribution in [3.05, 3.63) is 11.6 Å². The first-order valence-corrected chi connectivity index (χ1v) is 10.7. The van der Waals surface area contributed by atoms with Gasteiger partial charge in [-0.15, -0.1) is 0 Å². The largest absolute Gasteiger partial charge is 0.465 e. The van der Waals surface area contributed by atoms with E-state index in [1.165, 1.54) is 18.4 Å². The van der Waals surface area contributed by atoms with Crippen LogP contribution in [0.1, 0.15) is 72.1 Å². The molecule has 0 bridgehead atoms. The molecule has 5 rings (SSSR count). The molecule has 4 aliphatic carbocycles. The molecule has 0 aromatic rings. The predicted octanol–water partition coefficient (Wildman–Crippen LogP) is 4.70. The summed E-state index contributed by atoms with van der Waals surface area (Å²) in [5.41, 5.74) is 1.54. The van der Waals surface area contributed by atoms with Gasteiger partial charge in [0, 0.05) is 6.42 Å². The van der Waals surface area contributed by atoms with Gasteiger partial charge in [0.2, 0.25) is 0 Å². The molecule has 5 aliphatic rings. The molecule has 26 heavy (non-hydrogen) atoms. The van der Waals surface area contributed by atoms with E-state index in [1.54, 1.807) is 0 Å². The molecule has 1 saturated heterocycles. The Morgan fingerprint density at radius 2 is 1.81 bits per heavy atom. The second-order valence-corrected chi connectivity index (χ2v) is 10.5. The minimum atomic E-state index is -0.206. The Hall–Kier alpha value is -1.12. The zero-order chi connectivity index (χ0) is 18.3. The van der Waals surface area contributed by atoms with Crippen LogP contribution in [-0.2, 0) is 14.3 Å². The third-order valence-electron chi connectivity index (χ3n) is 9.83. The van der Waals surface area contributed by atoms with Crippen molar-refractivity contribution >= 4 is 11.8 Å². The molecule has 3 nitrogen and oxygen atoms in total. The first kappa shape index (κ1) is 17.0. The highest BCUT2D eigenvalue weighted by molar-refractivity contribution is 5.91. The van der Waals surface area contributed by atoms with Crippen LogP contribution in [0.5, 0.6) is 0 Å². The lowest BCUT2D eigenvalue weighted by atomic mass is 9.43. The first-order chi connectivity index (χ1) is 12.3. The molecule has 0 amide bonds. The molecule has 0 N–H and O–H groups in total. The van der Waals surface area contributed by atoms with Crippen LogP contribution >= 0.6 is 0 Å². The van der Waals surface area contributed by atoms with Crippen LogP contribution in [0.2, 0.25) is 0 Å². The van der Waals surface area contributed by atoms with Crippen molar-refractivity contribution in [2.75, 3.05) is 6.61 Å². The van der Waals surface area contributed by atoms with Crippen LogP contribution in [0.4, 0.5) is 0 Å². The highest BCUT2D eigenvalue weighted by Gasteiger charge is 2.69. The Bertz CT molecular complexity index is 708. The molecule has 0 aromatic carbocycles. The fraction of sp³-hybridized carbons (Fsp3) is 0.826. The number of rotatable bonds is 0. The van der Waals surface area contributed by atoms with E-state index in [1.807, 2.05) is 6.08 Å². The van der Waals surface area contributed by atoms with Gasteiger partial charge in [-0.1, -0.05) is 26.3 Å². The van der Waals surface area contributed by atoms with E-state index in [0.29, 0.717) is 36.1 Å². The highest BCUT2D eigenvalue weighted by Crippen LogP contribution is 2.72. The number of allylic oxidation sites excluding steroid dienone is 1. The molecule has 1 spiro atoms. The summed E-state index contributed by atoms with van der Waals surface area (Å²) in [6, 6.07) is 0. The lowest BCUT2D eigenvalue weighted by Gasteiger charge is -2.61. The Balaban J connectivity index is 1.55. The zero-order valence-electron chi connectivity index (χ0n) is 16.5. The van der Waals surface area contributed by atoms with Crippen molar-refractivity contribution in [3.63, 3.8) is 0 Å². The fourth-order valence-electron chi connectivity index (χ4n) is 8.34. The normalized spacial score (nSPS) is 53.0. The summed E-state index contributed by atoms with van der Waals surface area (Å²) in [6.45, 7) is 7.88. The number of hydrogen-bond donors (Lipinski definition) is 0. The summed E-state index contributed by atoms with van der Waals surface area (Å²) < 4.78 is 5.50. The van der Waals surface area contributed by atoms with Crippen LogP contribution in [0.15, 0.2) is 11.6 Å². The van der Waals surface area contributed by atoms with E-state index in [-0.39, 0.29) is 22.2 Å². The summed E-state index contributed by atoms with van der Waals surface area (Å²) in [5, 5.41) is 0. The van der Waals surface area contributed by atoms with Gasteiger partial charge in [0.25, 0.3) is 0 Å². The molecule has 3 heteroatoms. The Morgan fingerprint density at radius 3 is 2.54 bits per heavy atom. The molecule has 1 heterocycles. The number of ketones is 1. The number of carbonyl (C=O) groups is 2. The summed E-state index contributed by atoms with van der Waals surface area (Å²) in [6.07, 6.45) is 10.3. The molecule has 142 valence electrons. The Kier molecular flexibility index (Phi) is 3.42. The van der Waals surface area contributed by atoms with Crippen molar-refractivity contribution in [2.24, 2.45) is 39.9 Å². The van der Waals surface area contributed by atoms with Gasteiger partial charge in [0.1, 0.15) is 0 Å². The van der Waals surface area contributed by atoms with Gasteiger partial charge >= 0.3 is 5.97 Å². The SMILES string of the molecule is CC1CC2=CC(=O)CCC2(C)C2CCC3(C)C(CCC34CCOC4=O)C12. The van der Waals surface area contributed by atoms with Gasteiger partial charge in [-0.3, -0.25) is 9.59 Å². The smallest absolute Gasteiger partial charge is 0.312 e. The summed E-state index contributed by atoms with van der Waals surface area (Å²) in [4.78, 5) is 24.8. The molecule has 7 atom stereocenters. The average molecular weight is 357 g/mol. The molecule has 0 aromatic heterocycles. The van der Waals surface area contributed by atoms with Gasteiger partial charge in [0.05, 0.1) is 12.0 Å². The molecule has 3 saturated carbocycles. The van der Waals surface area contributed by atoms with Crippen molar-refractivity contribution < 1.29 is 14.3 Å². The number of ether oxygens (including phenoxy) is 1. The quantitative estimate of drug-likeness (QED) is 0.591. The molecule has 4 fully saturated rings. The van der Waals surface area contributed by atoms with Gasteiger partial charge in [-0.25, -0.2) is 0 Å². The van der Waals surface area contributed by atoms with Gasteiger partial charge in [-0.05, 0) is 85.5 Å². The average Bonchev–Trinajstić information content (AvgIpc) is 3.12. The van der Waals surface area contributed by atoms with Gasteiger partial charge < -0.3 is 4.74 Å². The standard InChI is InChI=1S/C23H32O3/c1-14-12-15-13-16(24)4-7-21(15,2)17-5-8-22(3)18(19(14)17)6-9-23(22)10-11-26-20(23)25/h13-14,17-19H,4-12H2,1-3H3. The minimum absolute atomic E-state index is 0.0967. The van der Waals surface area contributed by atoms with Crippen LogP contribution in [0.25, 0.3) is 0 Å². The molecule has 0 radical (unpaired) electrons. The van der Waals surface area contributed by atoms with Crippen LogP contribution in [0.3, 0.4) is 0 Å². The summed E-state index contributed by atoms with van der Waals surface area (Å²) in [7, 11) is 0. The summed E-state index contributed by atoms with van der Waals surface area (Å²) in [5.74, 6) is 3.05. The Labute approximate surface area is 156 Å². The molecular weight excluding hydrogens is 324 g/mol. The maximum Gasteiger partial charge on any atom is 0.312 e. The molecule has 1 aliphatic heterocycles. The number of fused-ring (bicyclic) bond motifs is 6. The third-order valence-corrected chi connectivity index (χ3v) is 9.83. The van der Waals surface area contributed by atoms with Crippen molar-refractivity contribution in [3.8, 4) is 0 Å².